The van der Waals surface area contributed by atoms with Crippen molar-refractivity contribution in [3.63, 3.8) is 0 Å². The third kappa shape index (κ3) is 2.70. The Balaban J connectivity index is 2.17. The predicted molar refractivity (Wildman–Crippen MR) is 67.1 cm³/mol. The van der Waals surface area contributed by atoms with Crippen molar-refractivity contribution in [3.8, 4) is 0 Å². The summed E-state index contributed by atoms with van der Waals surface area (Å²) in [5.41, 5.74) is 0. The van der Waals surface area contributed by atoms with E-state index in [0.29, 0.717) is 4.90 Å². The number of hydrogen-bond acceptors (Lipinski definition) is 2. The van der Waals surface area contributed by atoms with Gasteiger partial charge in [0.2, 0.25) is 10.0 Å². The van der Waals surface area contributed by atoms with E-state index in [4.69, 9.17) is 0 Å². The van der Waals surface area contributed by atoms with E-state index in [0.717, 1.165) is 22.8 Å². The Hall–Kier alpha value is -0.140. The van der Waals surface area contributed by atoms with E-state index in [1.54, 1.807) is 24.3 Å². The average Bonchev–Trinajstić information content (AvgIpc) is 2.13. The number of hydrogen-bond donors (Lipinski definition) is 1. The van der Waals surface area contributed by atoms with Crippen LogP contribution in [0.1, 0.15) is 19.3 Å². The van der Waals surface area contributed by atoms with Crippen molar-refractivity contribution in [2.24, 2.45) is 0 Å². The molecule has 0 spiro atoms. The van der Waals surface area contributed by atoms with E-state index >= 15 is 0 Å². The molecular weight excluding hydrogens is 325 g/mol. The Morgan fingerprint density at radius 1 is 1.20 bits per heavy atom. The molecule has 0 atom stereocenters. The normalized spacial score (nSPS) is 17.4. The van der Waals surface area contributed by atoms with Crippen LogP contribution in [0.25, 0.3) is 0 Å². The first kappa shape index (κ1) is 11.3. The van der Waals surface area contributed by atoms with Crippen LogP contribution in [0.5, 0.6) is 0 Å². The zero-order chi connectivity index (χ0) is 10.9. The molecule has 82 valence electrons. The van der Waals surface area contributed by atoms with E-state index in [2.05, 4.69) is 27.3 Å². The van der Waals surface area contributed by atoms with E-state index < -0.39 is 10.0 Å². The predicted octanol–water partition coefficient (Wildman–Crippen LogP) is 2.12. The molecule has 1 aromatic carbocycles. The Morgan fingerprint density at radius 3 is 2.27 bits per heavy atom. The molecule has 1 fully saturated rings. The molecule has 3 nitrogen and oxygen atoms in total. The summed E-state index contributed by atoms with van der Waals surface area (Å²) < 4.78 is 27.4. The summed E-state index contributed by atoms with van der Waals surface area (Å²) in [5, 5.41) is 0. The van der Waals surface area contributed by atoms with Gasteiger partial charge in [-0.15, -0.1) is 0 Å². The molecule has 0 heterocycles. The second-order valence-corrected chi connectivity index (χ2v) is 6.66. The fourth-order valence-electron chi connectivity index (χ4n) is 1.43. The Morgan fingerprint density at radius 2 is 1.80 bits per heavy atom. The third-order valence-electron chi connectivity index (χ3n) is 2.55. The van der Waals surface area contributed by atoms with E-state index in [-0.39, 0.29) is 6.04 Å². The SMILES string of the molecule is O=S(=O)(NC1CCC1)c1ccc(I)cc1. The smallest absolute Gasteiger partial charge is 0.208 e. The first-order valence-corrected chi connectivity index (χ1v) is 7.42. The van der Waals surface area contributed by atoms with Crippen LogP contribution in [0, 0.1) is 3.57 Å². The molecule has 1 saturated carbocycles. The zero-order valence-electron chi connectivity index (χ0n) is 8.11. The van der Waals surface area contributed by atoms with E-state index in [1.807, 2.05) is 0 Å². The first-order chi connectivity index (χ1) is 7.08. The lowest BCUT2D eigenvalue weighted by molar-refractivity contribution is 0.383. The van der Waals surface area contributed by atoms with Crippen LogP contribution >= 0.6 is 22.6 Å². The van der Waals surface area contributed by atoms with Gasteiger partial charge in [-0.25, -0.2) is 13.1 Å². The summed E-state index contributed by atoms with van der Waals surface area (Å²) >= 11 is 2.15. The van der Waals surface area contributed by atoms with Crippen molar-refractivity contribution in [1.82, 2.24) is 4.72 Å². The fourth-order valence-corrected chi connectivity index (χ4v) is 3.09. The summed E-state index contributed by atoms with van der Waals surface area (Å²) in [5.74, 6) is 0. The molecule has 1 aliphatic rings. The third-order valence-corrected chi connectivity index (χ3v) is 4.81. The molecule has 1 aromatic rings. The van der Waals surface area contributed by atoms with Gasteiger partial charge in [-0.1, -0.05) is 6.42 Å². The van der Waals surface area contributed by atoms with E-state index in [9.17, 15) is 8.42 Å². The first-order valence-electron chi connectivity index (χ1n) is 4.86. The van der Waals surface area contributed by atoms with Gasteiger partial charge >= 0.3 is 0 Å². The van der Waals surface area contributed by atoms with Crippen LogP contribution in [0.3, 0.4) is 0 Å². The Bertz CT molecular complexity index is 437. The lowest BCUT2D eigenvalue weighted by Crippen LogP contribution is -2.39. The standard InChI is InChI=1S/C10H12INO2S/c11-8-4-6-10(7-5-8)15(13,14)12-9-2-1-3-9/h4-7,9,12H,1-3H2. The van der Waals surface area contributed by atoms with Crippen LogP contribution in [-0.4, -0.2) is 14.5 Å². The van der Waals surface area contributed by atoms with Gasteiger partial charge in [-0.2, -0.15) is 0 Å². The largest absolute Gasteiger partial charge is 0.240 e. The number of halogens is 1. The summed E-state index contributed by atoms with van der Waals surface area (Å²) in [6, 6.07) is 7.03. The minimum Gasteiger partial charge on any atom is -0.208 e. The highest BCUT2D eigenvalue weighted by Crippen LogP contribution is 2.21. The zero-order valence-corrected chi connectivity index (χ0v) is 11.1. The molecule has 5 heteroatoms. The molecule has 0 bridgehead atoms. The monoisotopic (exact) mass is 337 g/mol. The van der Waals surface area contributed by atoms with Crippen LogP contribution in [-0.2, 0) is 10.0 Å². The molecule has 0 unspecified atom stereocenters. The molecule has 0 radical (unpaired) electrons. The molecule has 2 rings (SSSR count). The Kier molecular flexibility index (Phi) is 3.32. The highest BCUT2D eigenvalue weighted by Gasteiger charge is 2.24. The number of benzene rings is 1. The van der Waals surface area contributed by atoms with Crippen molar-refractivity contribution >= 4 is 32.6 Å². The minimum atomic E-state index is -3.29. The molecule has 0 amide bonds. The fraction of sp³-hybridized carbons (Fsp3) is 0.400. The lowest BCUT2D eigenvalue weighted by atomic mass is 9.94. The maximum atomic E-state index is 11.8. The Labute approximate surface area is 103 Å². The van der Waals surface area contributed by atoms with Gasteiger partial charge in [0.25, 0.3) is 0 Å². The highest BCUT2D eigenvalue weighted by molar-refractivity contribution is 14.1. The molecule has 0 saturated heterocycles. The van der Waals surface area contributed by atoms with Crippen LogP contribution in [0.4, 0.5) is 0 Å². The van der Waals surface area contributed by atoms with Crippen molar-refractivity contribution in [2.45, 2.75) is 30.2 Å². The molecule has 1 N–H and O–H groups in total. The average molecular weight is 337 g/mol. The van der Waals surface area contributed by atoms with E-state index in [1.165, 1.54) is 0 Å². The summed E-state index contributed by atoms with van der Waals surface area (Å²) in [6.45, 7) is 0. The summed E-state index contributed by atoms with van der Waals surface area (Å²) in [7, 11) is -3.29. The number of nitrogens with one attached hydrogen (secondary N) is 1. The maximum Gasteiger partial charge on any atom is 0.240 e. The number of rotatable bonds is 3. The highest BCUT2D eigenvalue weighted by atomic mass is 127. The molecule has 15 heavy (non-hydrogen) atoms. The minimum absolute atomic E-state index is 0.147. The second kappa shape index (κ2) is 4.39. The van der Waals surface area contributed by atoms with Gasteiger partial charge in [0.1, 0.15) is 0 Å². The van der Waals surface area contributed by atoms with Gasteiger partial charge in [-0.05, 0) is 59.7 Å². The van der Waals surface area contributed by atoms with Crippen LogP contribution in [0.2, 0.25) is 0 Å². The number of sulfonamides is 1. The van der Waals surface area contributed by atoms with Gasteiger partial charge in [0.15, 0.2) is 0 Å². The van der Waals surface area contributed by atoms with Crippen LogP contribution < -0.4 is 4.72 Å². The van der Waals surface area contributed by atoms with Gasteiger partial charge in [0.05, 0.1) is 4.90 Å². The lowest BCUT2D eigenvalue weighted by Gasteiger charge is -2.26. The second-order valence-electron chi connectivity index (χ2n) is 3.70. The maximum absolute atomic E-state index is 11.8. The quantitative estimate of drug-likeness (QED) is 0.859. The molecule has 0 aromatic heterocycles. The van der Waals surface area contributed by atoms with Gasteiger partial charge < -0.3 is 0 Å². The summed E-state index contributed by atoms with van der Waals surface area (Å²) in [6.07, 6.45) is 3.05. The molecular formula is C10H12INO2S. The van der Waals surface area contributed by atoms with Crippen molar-refractivity contribution in [2.75, 3.05) is 0 Å². The van der Waals surface area contributed by atoms with Gasteiger partial charge in [-0.3, -0.25) is 0 Å². The molecule has 1 aliphatic carbocycles. The van der Waals surface area contributed by atoms with Gasteiger partial charge in [0, 0.05) is 9.61 Å². The van der Waals surface area contributed by atoms with Crippen molar-refractivity contribution in [3.05, 3.63) is 27.8 Å². The molecule has 0 aliphatic heterocycles. The van der Waals surface area contributed by atoms with Crippen molar-refractivity contribution in [1.29, 1.82) is 0 Å². The van der Waals surface area contributed by atoms with Crippen molar-refractivity contribution < 1.29 is 8.42 Å². The topological polar surface area (TPSA) is 46.2 Å². The summed E-state index contributed by atoms with van der Waals surface area (Å²) in [4.78, 5) is 0.356. The van der Waals surface area contributed by atoms with Crippen LogP contribution in [0.15, 0.2) is 29.2 Å².